The highest BCUT2D eigenvalue weighted by Gasteiger charge is 2.17. The Morgan fingerprint density at radius 3 is 2.26 bits per heavy atom. The Morgan fingerprint density at radius 1 is 1.00 bits per heavy atom. The zero-order valence-corrected chi connectivity index (χ0v) is 20.8. The van der Waals surface area contributed by atoms with Crippen molar-refractivity contribution in [3.05, 3.63) is 70.8 Å². The van der Waals surface area contributed by atoms with Crippen LogP contribution in [0.25, 0.3) is 12.2 Å². The Labute approximate surface area is 213 Å². The van der Waals surface area contributed by atoms with Crippen LogP contribution in [0.15, 0.2) is 48.5 Å². The largest absolute Gasteiger partial charge is 0.370 e. The second-order valence-corrected chi connectivity index (χ2v) is 8.13. The molecule has 0 saturated carbocycles. The fourth-order valence-electron chi connectivity index (χ4n) is 3.63. The molecule has 0 bridgehead atoms. The summed E-state index contributed by atoms with van der Waals surface area (Å²) in [5.41, 5.74) is 8.58. The van der Waals surface area contributed by atoms with E-state index in [4.69, 9.17) is 5.73 Å². The lowest BCUT2D eigenvalue weighted by Crippen LogP contribution is -2.43. The second kappa shape index (κ2) is 14.5. The fraction of sp³-hybridized carbons (Fsp3) is 0.320. The topological polar surface area (TPSA) is 95.7 Å². The number of hydrogen-bond acceptors (Lipinski definition) is 5. The molecule has 1 aliphatic heterocycles. The molecule has 1 aliphatic rings. The van der Waals surface area contributed by atoms with Gasteiger partial charge in [0.2, 0.25) is 5.91 Å². The van der Waals surface area contributed by atoms with Gasteiger partial charge in [-0.25, -0.2) is 0 Å². The van der Waals surface area contributed by atoms with Gasteiger partial charge in [0, 0.05) is 38.3 Å². The fourth-order valence-corrected chi connectivity index (χ4v) is 3.63. The van der Waals surface area contributed by atoms with Crippen molar-refractivity contribution in [1.82, 2.24) is 15.1 Å². The van der Waals surface area contributed by atoms with Crippen molar-refractivity contribution in [3.63, 3.8) is 0 Å². The number of nitrogens with zero attached hydrogens (tertiary/aromatic N) is 2. The first-order valence-corrected chi connectivity index (χ1v) is 10.8. The Balaban J connectivity index is 0.00000289. The summed E-state index contributed by atoms with van der Waals surface area (Å²) in [6.07, 6.45) is 4.11. The number of aldehydes is 1. The third-order valence-corrected chi connectivity index (χ3v) is 5.54. The molecule has 2 aromatic rings. The summed E-state index contributed by atoms with van der Waals surface area (Å²) >= 11 is 0. The summed E-state index contributed by atoms with van der Waals surface area (Å²) in [5, 5.41) is 2.55. The van der Waals surface area contributed by atoms with Crippen molar-refractivity contribution in [3.8, 4) is 0 Å². The van der Waals surface area contributed by atoms with Gasteiger partial charge in [-0.3, -0.25) is 14.5 Å². The lowest BCUT2D eigenvalue weighted by atomic mass is 10.0. The first kappa shape index (κ1) is 29.3. The normalized spacial score (nSPS) is 15.1. The number of primary amides is 1. The molecule has 7 nitrogen and oxygen atoms in total. The minimum Gasteiger partial charge on any atom is -0.370 e. The third kappa shape index (κ3) is 8.91. The highest BCUT2D eigenvalue weighted by atomic mass is 35.5. The minimum atomic E-state index is -0.940. The van der Waals surface area contributed by atoms with Crippen molar-refractivity contribution in [2.45, 2.75) is 19.0 Å². The summed E-state index contributed by atoms with van der Waals surface area (Å²) in [5.74, 6) is -1.07. The molecule has 1 unspecified atom stereocenters. The average Bonchev–Trinajstić information content (AvgIpc) is 2.79. The summed E-state index contributed by atoms with van der Waals surface area (Å²) in [4.78, 5) is 39.6. The molecule has 0 spiro atoms. The Hall–Kier alpha value is -2.71. The minimum absolute atomic E-state index is 0. The van der Waals surface area contributed by atoms with Gasteiger partial charge in [0.25, 0.3) is 5.91 Å². The first-order valence-electron chi connectivity index (χ1n) is 10.8. The molecule has 2 amide bonds. The van der Waals surface area contributed by atoms with Crippen LogP contribution in [-0.4, -0.2) is 67.2 Å². The van der Waals surface area contributed by atoms with E-state index in [1.807, 2.05) is 24.3 Å². The highest BCUT2D eigenvalue weighted by Crippen LogP contribution is 2.15. The maximum Gasteiger partial charge on any atom is 0.252 e. The quantitative estimate of drug-likeness (QED) is 0.402. The molecule has 184 valence electrons. The van der Waals surface area contributed by atoms with Crippen molar-refractivity contribution < 1.29 is 14.4 Å². The van der Waals surface area contributed by atoms with Crippen molar-refractivity contribution in [2.24, 2.45) is 5.73 Å². The van der Waals surface area contributed by atoms with Gasteiger partial charge in [-0.15, -0.1) is 24.8 Å². The molecule has 34 heavy (non-hydrogen) atoms. The monoisotopic (exact) mass is 506 g/mol. The molecule has 1 heterocycles. The summed E-state index contributed by atoms with van der Waals surface area (Å²) < 4.78 is 0. The van der Waals surface area contributed by atoms with Crippen LogP contribution < -0.4 is 11.1 Å². The molecule has 1 fully saturated rings. The van der Waals surface area contributed by atoms with Crippen LogP contribution in [0.1, 0.15) is 33.5 Å². The highest BCUT2D eigenvalue weighted by molar-refractivity contribution is 6.00. The molecule has 0 aliphatic carbocycles. The summed E-state index contributed by atoms with van der Waals surface area (Å²) in [6.45, 7) is 5.32. The molecule has 2 aromatic carbocycles. The second-order valence-electron chi connectivity index (χ2n) is 8.13. The van der Waals surface area contributed by atoms with Gasteiger partial charge in [-0.05, 0) is 29.8 Å². The van der Waals surface area contributed by atoms with Crippen LogP contribution in [0, 0.1) is 0 Å². The number of nitrogens with two attached hydrogens (primary N) is 1. The van der Waals surface area contributed by atoms with Crippen LogP contribution in [0.3, 0.4) is 0 Å². The molecule has 3 N–H and O–H groups in total. The molecule has 1 atom stereocenters. The zero-order chi connectivity index (χ0) is 22.9. The van der Waals surface area contributed by atoms with E-state index in [1.54, 1.807) is 12.1 Å². The van der Waals surface area contributed by atoms with Crippen molar-refractivity contribution in [2.75, 3.05) is 33.2 Å². The van der Waals surface area contributed by atoms with E-state index in [1.165, 1.54) is 5.56 Å². The summed E-state index contributed by atoms with van der Waals surface area (Å²) in [7, 11) is 2.15. The van der Waals surface area contributed by atoms with Crippen LogP contribution >= 0.6 is 24.8 Å². The molecule has 0 aromatic heterocycles. The number of benzene rings is 2. The number of nitrogens with one attached hydrogen (secondary N) is 1. The third-order valence-electron chi connectivity index (χ3n) is 5.54. The standard InChI is InChI=1S/C25H30N4O3.2ClH/c1-28-12-14-29(15-13-28)17-20-8-6-19(7-9-20)10-11-21-4-2-3-5-23(21)25(32)27-22(18-30)16-24(26)31;;/h2-11,18,22H,12-17H2,1H3,(H2,26,31)(H,27,32);2*1H/b11-10+;;. The van der Waals surface area contributed by atoms with E-state index in [9.17, 15) is 14.4 Å². The van der Waals surface area contributed by atoms with Crippen LogP contribution in [-0.2, 0) is 16.1 Å². The van der Waals surface area contributed by atoms with Crippen LogP contribution in [0.4, 0.5) is 0 Å². The van der Waals surface area contributed by atoms with Crippen LogP contribution in [0.5, 0.6) is 0 Å². The SMILES string of the molecule is CN1CCN(Cc2ccc(/C=C/c3ccccc3C(=O)NC(C=O)CC(N)=O)cc2)CC1.Cl.Cl. The lowest BCUT2D eigenvalue weighted by Gasteiger charge is -2.32. The van der Waals surface area contributed by atoms with Crippen molar-refractivity contribution >= 4 is 55.1 Å². The van der Waals surface area contributed by atoms with Gasteiger partial charge in [0.1, 0.15) is 6.29 Å². The predicted octanol–water partition coefficient (Wildman–Crippen LogP) is 2.62. The maximum atomic E-state index is 12.6. The Morgan fingerprint density at radius 2 is 1.65 bits per heavy atom. The first-order chi connectivity index (χ1) is 15.4. The molecular weight excluding hydrogens is 475 g/mol. The van der Waals surface area contributed by atoms with E-state index in [2.05, 4.69) is 46.4 Å². The molecular formula is C25H32Cl2N4O3. The van der Waals surface area contributed by atoms with Gasteiger partial charge >= 0.3 is 0 Å². The maximum absolute atomic E-state index is 12.6. The number of piperazine rings is 1. The zero-order valence-electron chi connectivity index (χ0n) is 19.2. The number of rotatable bonds is 9. The molecule has 3 rings (SSSR count). The number of halogens is 2. The predicted molar refractivity (Wildman–Crippen MR) is 140 cm³/mol. The van der Waals surface area contributed by atoms with Gasteiger partial charge in [-0.1, -0.05) is 54.6 Å². The summed E-state index contributed by atoms with van der Waals surface area (Å²) in [6, 6.07) is 14.6. The smallest absolute Gasteiger partial charge is 0.252 e. The molecule has 1 saturated heterocycles. The van der Waals surface area contributed by atoms with E-state index < -0.39 is 17.9 Å². The average molecular weight is 507 g/mol. The number of carbonyl (C=O) groups excluding carboxylic acids is 3. The van der Waals surface area contributed by atoms with Crippen molar-refractivity contribution in [1.29, 1.82) is 0 Å². The van der Waals surface area contributed by atoms with Crippen LogP contribution in [0.2, 0.25) is 0 Å². The van der Waals surface area contributed by atoms with E-state index in [-0.39, 0.29) is 31.2 Å². The van der Waals surface area contributed by atoms with E-state index in [0.29, 0.717) is 11.8 Å². The number of likely N-dealkylation sites (N-methyl/N-ethyl adjacent to an activating group) is 1. The number of carbonyl (C=O) groups is 3. The Kier molecular flexibility index (Phi) is 12.5. The molecule has 9 heteroatoms. The van der Waals surface area contributed by atoms with E-state index >= 15 is 0 Å². The van der Waals surface area contributed by atoms with Gasteiger partial charge < -0.3 is 20.7 Å². The lowest BCUT2D eigenvalue weighted by molar-refractivity contribution is -0.120. The van der Waals surface area contributed by atoms with E-state index in [0.717, 1.165) is 43.9 Å². The van der Waals surface area contributed by atoms with Gasteiger partial charge in [0.15, 0.2) is 0 Å². The van der Waals surface area contributed by atoms with Gasteiger partial charge in [0.05, 0.1) is 12.5 Å². The number of amides is 2. The molecule has 0 radical (unpaired) electrons. The number of hydrogen-bond donors (Lipinski definition) is 2. The Bertz CT molecular complexity index is 974. The van der Waals surface area contributed by atoms with Gasteiger partial charge in [-0.2, -0.15) is 0 Å².